The van der Waals surface area contributed by atoms with Crippen LogP contribution in [0.5, 0.6) is 0 Å². The molecule has 10 nitrogen and oxygen atoms in total. The zero-order valence-corrected chi connectivity index (χ0v) is 26.6. The Bertz CT molecular complexity index is 2100. The fourth-order valence-corrected chi connectivity index (χ4v) is 6.06. The number of hydrogen-bond acceptors (Lipinski definition) is 8. The summed E-state index contributed by atoms with van der Waals surface area (Å²) < 4.78 is 44.4. The van der Waals surface area contributed by atoms with Crippen molar-refractivity contribution in [3.8, 4) is 22.5 Å². The highest BCUT2D eigenvalue weighted by atomic mass is 32.2. The number of aromatic nitrogens is 2. The van der Waals surface area contributed by atoms with Crippen LogP contribution in [0.1, 0.15) is 12.5 Å². The lowest BCUT2D eigenvalue weighted by Crippen LogP contribution is -2.37. The smallest absolute Gasteiger partial charge is 0.323 e. The minimum Gasteiger partial charge on any atom is -0.378 e. The molecule has 1 fully saturated rings. The largest absolute Gasteiger partial charge is 0.378 e. The maximum absolute atomic E-state index is 14.5. The molecule has 12 heteroatoms. The summed E-state index contributed by atoms with van der Waals surface area (Å²) in [6, 6.07) is 23.2. The van der Waals surface area contributed by atoms with E-state index in [1.54, 1.807) is 48.5 Å². The van der Waals surface area contributed by atoms with E-state index in [-0.39, 0.29) is 22.8 Å². The summed E-state index contributed by atoms with van der Waals surface area (Å²) >= 11 is 0. The number of sulfone groups is 1. The molecule has 2 heterocycles. The van der Waals surface area contributed by atoms with Gasteiger partial charge in [0.15, 0.2) is 15.7 Å². The van der Waals surface area contributed by atoms with Gasteiger partial charge in [0, 0.05) is 42.4 Å². The number of benzene rings is 4. The summed E-state index contributed by atoms with van der Waals surface area (Å²) in [5.41, 5.74) is 3.97. The van der Waals surface area contributed by atoms with E-state index in [4.69, 9.17) is 14.7 Å². The van der Waals surface area contributed by atoms with E-state index in [2.05, 4.69) is 15.5 Å². The van der Waals surface area contributed by atoms with E-state index in [0.717, 1.165) is 22.3 Å². The second-order valence-corrected chi connectivity index (χ2v) is 13.4. The summed E-state index contributed by atoms with van der Waals surface area (Å²) in [6.45, 7) is 3.92. The van der Waals surface area contributed by atoms with E-state index < -0.39 is 21.7 Å². The molecule has 0 bridgehead atoms. The number of fused-ring (bicyclic) bond motifs is 1. The average molecular weight is 654 g/mol. The highest BCUT2D eigenvalue weighted by Gasteiger charge is 2.19. The number of anilines is 3. The predicted molar refractivity (Wildman–Crippen MR) is 180 cm³/mol. The van der Waals surface area contributed by atoms with Gasteiger partial charge in [-0.05, 0) is 84.3 Å². The number of Topliss-reactive ketones (excluding diaryl/α,β-unsaturated/α-hetero) is 1. The normalized spacial score (nSPS) is 13.4. The molecule has 0 radical (unpaired) electrons. The quantitative estimate of drug-likeness (QED) is 0.205. The Morgan fingerprint density at radius 3 is 2.30 bits per heavy atom. The van der Waals surface area contributed by atoms with Crippen LogP contribution in [-0.2, 0) is 25.8 Å². The molecule has 1 aliphatic heterocycles. The molecule has 2 N–H and O–H groups in total. The number of halogens is 1. The molecule has 1 aromatic heterocycles. The number of ketones is 1. The number of urea groups is 1. The maximum Gasteiger partial charge on any atom is 0.323 e. The van der Waals surface area contributed by atoms with Gasteiger partial charge in [0.2, 0.25) is 0 Å². The zero-order valence-electron chi connectivity index (χ0n) is 25.8. The van der Waals surface area contributed by atoms with Crippen LogP contribution in [-0.4, -0.2) is 62.8 Å². The molecular formula is C35H32FN5O5S. The molecule has 5 aromatic rings. The van der Waals surface area contributed by atoms with Crippen LogP contribution in [0.4, 0.5) is 26.4 Å². The minimum absolute atomic E-state index is 0.00552. The molecule has 0 atom stereocenters. The first kappa shape index (κ1) is 31.8. The summed E-state index contributed by atoms with van der Waals surface area (Å²) in [4.78, 5) is 36.2. The number of nitrogens with zero attached hydrogens (tertiary/aromatic N) is 3. The Morgan fingerprint density at radius 1 is 0.872 bits per heavy atom. The Balaban J connectivity index is 1.28. The van der Waals surface area contributed by atoms with Crippen LogP contribution in [0.15, 0.2) is 89.8 Å². The minimum atomic E-state index is -3.38. The number of morpholine rings is 1. The maximum atomic E-state index is 14.5. The van der Waals surface area contributed by atoms with Crippen LogP contribution >= 0.6 is 0 Å². The third-order valence-electron chi connectivity index (χ3n) is 7.72. The number of hydrogen-bond donors (Lipinski definition) is 2. The summed E-state index contributed by atoms with van der Waals surface area (Å²) in [7, 11) is -3.38. The highest BCUT2D eigenvalue weighted by Crippen LogP contribution is 2.32. The van der Waals surface area contributed by atoms with Crippen LogP contribution in [0.2, 0.25) is 0 Å². The zero-order chi connectivity index (χ0) is 33.1. The molecule has 0 spiro atoms. The van der Waals surface area contributed by atoms with Crippen LogP contribution in [0.3, 0.4) is 0 Å². The van der Waals surface area contributed by atoms with Gasteiger partial charge in [-0.25, -0.2) is 27.6 Å². The number of amides is 2. The SMILES string of the molecule is CC(=O)Cc1ccc(NC(=O)Nc2ccc(-c3nc(N4CCOCC4)c4ccc(-c5cccc(S(C)(=O)=O)c5)cc4n3)cc2)c(F)c1. The van der Waals surface area contributed by atoms with Gasteiger partial charge in [0.25, 0.3) is 0 Å². The topological polar surface area (TPSA) is 131 Å². The Labute approximate surface area is 271 Å². The van der Waals surface area contributed by atoms with Crippen molar-refractivity contribution in [1.29, 1.82) is 0 Å². The molecule has 240 valence electrons. The first-order valence-corrected chi connectivity index (χ1v) is 16.8. The van der Waals surface area contributed by atoms with Crippen LogP contribution < -0.4 is 15.5 Å². The first-order chi connectivity index (χ1) is 22.5. The van der Waals surface area contributed by atoms with Gasteiger partial charge >= 0.3 is 6.03 Å². The average Bonchev–Trinajstić information content (AvgIpc) is 3.05. The fraction of sp³-hybridized carbons (Fsp3) is 0.200. The lowest BCUT2D eigenvalue weighted by Gasteiger charge is -2.29. The second-order valence-electron chi connectivity index (χ2n) is 11.4. The van der Waals surface area contributed by atoms with Crippen LogP contribution in [0, 0.1) is 5.82 Å². The van der Waals surface area contributed by atoms with E-state index >= 15 is 0 Å². The van der Waals surface area contributed by atoms with Gasteiger partial charge in [0.05, 0.1) is 29.3 Å². The molecule has 47 heavy (non-hydrogen) atoms. The van der Waals surface area contributed by atoms with Gasteiger partial charge in [-0.15, -0.1) is 0 Å². The Hall–Kier alpha value is -5.20. The van der Waals surface area contributed by atoms with Crippen molar-refractivity contribution in [2.24, 2.45) is 0 Å². The standard InChI is InChI=1S/C35H32FN5O5S/c1-22(42)18-23-6-13-31(30(36)19-23)39-35(43)37-27-10-7-24(8-11-27)33-38-32-21-26(25-4-3-5-28(20-25)47(2,44)45)9-12-29(32)34(40-33)41-14-16-46-17-15-41/h3-13,19-21H,14-18H2,1-2H3,(H2,37,39,43). The Morgan fingerprint density at radius 2 is 1.60 bits per heavy atom. The van der Waals surface area contributed by atoms with Crippen molar-refractivity contribution in [1.82, 2.24) is 9.97 Å². The molecule has 0 aliphatic carbocycles. The third-order valence-corrected chi connectivity index (χ3v) is 8.83. The number of nitrogens with one attached hydrogen (secondary N) is 2. The molecule has 0 saturated carbocycles. The van der Waals surface area contributed by atoms with E-state index in [9.17, 15) is 22.4 Å². The van der Waals surface area contributed by atoms with Gasteiger partial charge in [-0.1, -0.05) is 24.3 Å². The van der Waals surface area contributed by atoms with Crippen molar-refractivity contribution >= 4 is 49.7 Å². The fourth-order valence-electron chi connectivity index (χ4n) is 5.39. The van der Waals surface area contributed by atoms with Gasteiger partial charge in [-0.3, -0.25) is 4.79 Å². The molecule has 2 amide bonds. The molecule has 0 unspecified atom stereocenters. The molecule has 4 aromatic carbocycles. The number of carbonyl (C=O) groups excluding carboxylic acids is 2. The lowest BCUT2D eigenvalue weighted by atomic mass is 10.0. The molecular weight excluding hydrogens is 621 g/mol. The van der Waals surface area contributed by atoms with Gasteiger partial charge in [-0.2, -0.15) is 0 Å². The van der Waals surface area contributed by atoms with Crippen molar-refractivity contribution < 1.29 is 27.1 Å². The van der Waals surface area contributed by atoms with E-state index in [1.807, 2.05) is 24.3 Å². The van der Waals surface area contributed by atoms with E-state index in [1.165, 1.54) is 25.3 Å². The summed E-state index contributed by atoms with van der Waals surface area (Å²) in [5, 5.41) is 6.05. The number of carbonyl (C=O) groups is 2. The number of ether oxygens (including phenoxy) is 1. The highest BCUT2D eigenvalue weighted by molar-refractivity contribution is 7.90. The van der Waals surface area contributed by atoms with Crippen molar-refractivity contribution in [2.75, 3.05) is 48.1 Å². The monoisotopic (exact) mass is 653 g/mol. The summed E-state index contributed by atoms with van der Waals surface area (Å²) in [6.07, 6.45) is 1.30. The van der Waals surface area contributed by atoms with Crippen molar-refractivity contribution in [3.05, 3.63) is 96.3 Å². The Kier molecular flexibility index (Phi) is 8.97. The lowest BCUT2D eigenvalue weighted by molar-refractivity contribution is -0.116. The summed E-state index contributed by atoms with van der Waals surface area (Å²) in [5.74, 6) is 0.525. The van der Waals surface area contributed by atoms with Crippen LogP contribution in [0.25, 0.3) is 33.4 Å². The van der Waals surface area contributed by atoms with Crippen molar-refractivity contribution in [2.45, 2.75) is 18.2 Å². The second kappa shape index (κ2) is 13.3. The third kappa shape index (κ3) is 7.45. The van der Waals surface area contributed by atoms with Gasteiger partial charge < -0.3 is 20.3 Å². The van der Waals surface area contributed by atoms with Crippen molar-refractivity contribution in [3.63, 3.8) is 0 Å². The number of rotatable bonds is 8. The van der Waals surface area contributed by atoms with E-state index in [0.29, 0.717) is 54.5 Å². The molecule has 1 aliphatic rings. The predicted octanol–water partition coefficient (Wildman–Crippen LogP) is 6.12. The van der Waals surface area contributed by atoms with Gasteiger partial charge in [0.1, 0.15) is 17.4 Å². The molecule has 6 rings (SSSR count). The first-order valence-electron chi connectivity index (χ1n) is 14.9. The molecule has 1 saturated heterocycles.